The lowest BCUT2D eigenvalue weighted by atomic mass is 9.99. The van der Waals surface area contributed by atoms with Crippen LogP contribution in [0, 0.1) is 22.8 Å². The second-order valence-electron chi connectivity index (χ2n) is 9.22. The molecule has 1 fully saturated rings. The predicted molar refractivity (Wildman–Crippen MR) is 146 cm³/mol. The molecule has 0 aromatic heterocycles. The number of rotatable bonds is 3. The van der Waals surface area contributed by atoms with Crippen LogP contribution in [0.4, 0.5) is 16.2 Å². The van der Waals surface area contributed by atoms with Gasteiger partial charge in [0.25, 0.3) is 0 Å². The Morgan fingerprint density at radius 2 is 1.84 bits per heavy atom. The van der Waals surface area contributed by atoms with Gasteiger partial charge in [0.2, 0.25) is 12.2 Å². The van der Waals surface area contributed by atoms with E-state index >= 15 is 0 Å². The number of piperazine rings is 1. The number of carbonyl (C=O) groups is 1. The fraction of sp³-hybridized carbons (Fsp3) is 0.241. The number of benzene rings is 3. The summed E-state index contributed by atoms with van der Waals surface area (Å²) in [7, 11) is 0. The van der Waals surface area contributed by atoms with Gasteiger partial charge in [-0.2, -0.15) is 10.5 Å². The van der Waals surface area contributed by atoms with Crippen molar-refractivity contribution in [2.75, 3.05) is 36.8 Å². The molecule has 38 heavy (non-hydrogen) atoms. The van der Waals surface area contributed by atoms with Gasteiger partial charge in [-0.15, -0.1) is 4.99 Å². The first kappa shape index (κ1) is 24.8. The molecule has 2 aliphatic heterocycles. The molecular formula is C29H28N8O. The van der Waals surface area contributed by atoms with Crippen molar-refractivity contribution < 1.29 is 4.79 Å². The number of hydrogen-bond acceptors (Lipinski definition) is 5. The highest BCUT2D eigenvalue weighted by atomic mass is 16.2. The molecular weight excluding hydrogens is 476 g/mol. The van der Waals surface area contributed by atoms with Crippen LogP contribution in [0.2, 0.25) is 0 Å². The van der Waals surface area contributed by atoms with Crippen LogP contribution in [0.5, 0.6) is 0 Å². The summed E-state index contributed by atoms with van der Waals surface area (Å²) in [5, 5.41) is 28.5. The summed E-state index contributed by atoms with van der Waals surface area (Å²) >= 11 is 0. The monoisotopic (exact) mass is 504 g/mol. The zero-order valence-corrected chi connectivity index (χ0v) is 20.9. The number of guanidine groups is 1. The summed E-state index contributed by atoms with van der Waals surface area (Å²) < 4.78 is 0. The third-order valence-electron chi connectivity index (χ3n) is 6.91. The van der Waals surface area contributed by atoms with Gasteiger partial charge in [-0.3, -0.25) is 0 Å². The summed E-state index contributed by atoms with van der Waals surface area (Å²) in [5.41, 5.74) is 5.45. The lowest BCUT2D eigenvalue weighted by molar-refractivity contribution is 0.136. The number of aliphatic imine (C=N–C) groups is 1. The largest absolute Gasteiger partial charge is 0.338 e. The number of nitriles is 2. The summed E-state index contributed by atoms with van der Waals surface area (Å²) in [5.74, 6) is 0.474. The first-order valence-electron chi connectivity index (χ1n) is 12.6. The average Bonchev–Trinajstić information content (AvgIpc) is 2.97. The van der Waals surface area contributed by atoms with E-state index in [1.54, 1.807) is 29.2 Å². The van der Waals surface area contributed by atoms with Crippen molar-refractivity contribution in [2.45, 2.75) is 19.0 Å². The van der Waals surface area contributed by atoms with Gasteiger partial charge in [0.05, 0.1) is 17.7 Å². The number of hydrogen-bond donors (Lipinski definition) is 3. The zero-order valence-electron chi connectivity index (χ0n) is 20.9. The first-order chi connectivity index (χ1) is 18.7. The predicted octanol–water partition coefficient (Wildman–Crippen LogP) is 4.04. The van der Waals surface area contributed by atoms with Gasteiger partial charge < -0.3 is 25.8 Å². The number of nitrogens with zero attached hydrogens (tertiary/aromatic N) is 5. The van der Waals surface area contributed by atoms with Crippen molar-refractivity contribution in [1.82, 2.24) is 15.1 Å². The molecule has 0 bridgehead atoms. The van der Waals surface area contributed by atoms with Crippen LogP contribution >= 0.6 is 0 Å². The molecule has 1 saturated heterocycles. The molecule has 0 aliphatic carbocycles. The van der Waals surface area contributed by atoms with E-state index in [2.05, 4.69) is 33.1 Å². The second kappa shape index (κ2) is 11.5. The highest BCUT2D eigenvalue weighted by molar-refractivity contribution is 5.96. The molecule has 0 radical (unpaired) electrons. The van der Waals surface area contributed by atoms with Crippen LogP contribution in [-0.2, 0) is 13.0 Å². The minimum Gasteiger partial charge on any atom is -0.338 e. The summed E-state index contributed by atoms with van der Waals surface area (Å²) in [4.78, 5) is 21.4. The minimum atomic E-state index is -0.274. The third-order valence-corrected chi connectivity index (χ3v) is 6.91. The Morgan fingerprint density at radius 3 is 2.66 bits per heavy atom. The highest BCUT2D eigenvalue weighted by Crippen LogP contribution is 2.28. The molecule has 3 aromatic carbocycles. The van der Waals surface area contributed by atoms with Crippen molar-refractivity contribution in [3.8, 4) is 12.3 Å². The summed E-state index contributed by atoms with van der Waals surface area (Å²) in [6, 6.07) is 24.4. The first-order valence-corrected chi connectivity index (χ1v) is 12.6. The van der Waals surface area contributed by atoms with Gasteiger partial charge in [0, 0.05) is 37.6 Å². The molecule has 2 aliphatic rings. The molecule has 3 N–H and O–H groups in total. The molecule has 3 aromatic rings. The third kappa shape index (κ3) is 5.44. The minimum absolute atomic E-state index is 0.245. The molecule has 2 amide bonds. The summed E-state index contributed by atoms with van der Waals surface area (Å²) in [6.45, 7) is 3.10. The van der Waals surface area contributed by atoms with E-state index in [0.29, 0.717) is 36.8 Å². The number of fused-ring (bicyclic) bond motifs is 1. The van der Waals surface area contributed by atoms with Crippen molar-refractivity contribution in [1.29, 1.82) is 10.5 Å². The van der Waals surface area contributed by atoms with Gasteiger partial charge in [0.1, 0.15) is 0 Å². The van der Waals surface area contributed by atoms with E-state index < -0.39 is 0 Å². The van der Waals surface area contributed by atoms with Gasteiger partial charge in [-0.05, 0) is 53.9 Å². The van der Waals surface area contributed by atoms with Crippen molar-refractivity contribution in [3.63, 3.8) is 0 Å². The van der Waals surface area contributed by atoms with E-state index in [9.17, 15) is 15.3 Å². The van der Waals surface area contributed by atoms with E-state index in [0.717, 1.165) is 30.8 Å². The Balaban J connectivity index is 1.39. The molecule has 9 nitrogen and oxygen atoms in total. The highest BCUT2D eigenvalue weighted by Gasteiger charge is 2.33. The number of amides is 2. The van der Waals surface area contributed by atoms with Crippen LogP contribution in [0.15, 0.2) is 77.8 Å². The van der Waals surface area contributed by atoms with Crippen LogP contribution in [-0.4, -0.2) is 48.0 Å². The maximum atomic E-state index is 13.4. The number of carbonyl (C=O) groups excluding carboxylic acids is 1. The van der Waals surface area contributed by atoms with Crippen molar-refractivity contribution >= 4 is 23.4 Å². The molecule has 1 atom stereocenters. The van der Waals surface area contributed by atoms with Gasteiger partial charge >= 0.3 is 6.03 Å². The molecule has 2 heterocycles. The number of nitrogens with one attached hydrogen (secondary N) is 3. The Labute approximate surface area is 222 Å². The smallest absolute Gasteiger partial charge is 0.322 e. The van der Waals surface area contributed by atoms with Crippen molar-refractivity contribution in [2.24, 2.45) is 4.99 Å². The maximum Gasteiger partial charge on any atom is 0.322 e. The molecule has 1 unspecified atom stereocenters. The quantitative estimate of drug-likeness (QED) is 0.281. The molecule has 5 rings (SSSR count). The SMILES string of the molecule is N#C/N=C(/Nc1cccc2c1CCNC2)N1CCN(C(=O)Nc2cccc(C#N)c2)C(c2ccccc2)C1. The molecule has 9 heteroatoms. The van der Waals surface area contributed by atoms with Gasteiger partial charge in [-0.1, -0.05) is 48.5 Å². The summed E-state index contributed by atoms with van der Waals surface area (Å²) in [6.07, 6.45) is 2.84. The molecule has 0 saturated carbocycles. The van der Waals surface area contributed by atoms with Crippen LogP contribution in [0.3, 0.4) is 0 Å². The fourth-order valence-corrected chi connectivity index (χ4v) is 5.04. The van der Waals surface area contributed by atoms with Crippen molar-refractivity contribution in [3.05, 3.63) is 95.1 Å². The maximum absolute atomic E-state index is 13.4. The zero-order chi connectivity index (χ0) is 26.3. The Kier molecular flexibility index (Phi) is 7.49. The standard InChI is InChI=1S/C29H28N8O/c30-17-21-6-4-10-24(16-21)34-29(38)37-15-14-36(19-27(37)22-7-2-1-3-8-22)28(33-20-31)35-26-11-5-9-23-18-32-13-12-25(23)26/h1-11,16,27,32H,12-15,18-19H2,(H,33,35)(H,34,38). The Bertz CT molecular complexity index is 1420. The topological polar surface area (TPSA) is 120 Å². The van der Waals surface area contributed by atoms with E-state index in [1.165, 1.54) is 11.1 Å². The van der Waals surface area contributed by atoms with Crippen LogP contribution < -0.4 is 16.0 Å². The average molecular weight is 505 g/mol. The van der Waals surface area contributed by atoms with E-state index in [1.807, 2.05) is 53.6 Å². The van der Waals surface area contributed by atoms with E-state index in [-0.39, 0.29) is 12.1 Å². The van der Waals surface area contributed by atoms with Crippen LogP contribution in [0.25, 0.3) is 0 Å². The lowest BCUT2D eigenvalue weighted by Crippen LogP contribution is -2.54. The lowest BCUT2D eigenvalue weighted by Gasteiger charge is -2.42. The van der Waals surface area contributed by atoms with Gasteiger partial charge in [0.15, 0.2) is 0 Å². The van der Waals surface area contributed by atoms with Gasteiger partial charge in [-0.25, -0.2) is 4.79 Å². The Hall–Kier alpha value is -4.86. The number of urea groups is 1. The fourth-order valence-electron chi connectivity index (χ4n) is 5.04. The Morgan fingerprint density at radius 1 is 1.00 bits per heavy atom. The normalized spacial score (nSPS) is 17.1. The van der Waals surface area contributed by atoms with E-state index in [4.69, 9.17) is 0 Å². The van der Waals surface area contributed by atoms with Crippen LogP contribution in [0.1, 0.15) is 28.3 Å². The second-order valence-corrected chi connectivity index (χ2v) is 9.22. The number of anilines is 2. The molecule has 0 spiro atoms. The molecule has 190 valence electrons.